The normalized spacial score (nSPS) is 10.1. The van der Waals surface area contributed by atoms with Crippen molar-refractivity contribution < 1.29 is 9.21 Å². The van der Waals surface area contributed by atoms with Crippen LogP contribution in [0.1, 0.15) is 17.0 Å². The number of carbonyl (C=O) groups excluding carboxylic acids is 1. The van der Waals surface area contributed by atoms with E-state index in [2.05, 4.69) is 15.6 Å². The van der Waals surface area contributed by atoms with Crippen LogP contribution in [-0.4, -0.2) is 24.0 Å². The third kappa shape index (κ3) is 3.74. The molecule has 0 bridgehead atoms. The number of amides is 1. The van der Waals surface area contributed by atoms with Crippen LogP contribution in [0.3, 0.4) is 0 Å². The summed E-state index contributed by atoms with van der Waals surface area (Å²) in [7, 11) is 0. The summed E-state index contributed by atoms with van der Waals surface area (Å²) in [5, 5.41) is 5.87. The lowest BCUT2D eigenvalue weighted by Crippen LogP contribution is -2.25. The number of nitrogens with two attached hydrogens (primary N) is 1. The summed E-state index contributed by atoms with van der Waals surface area (Å²) in [5.41, 5.74) is 6.35. The number of hydrogen-bond acceptors (Lipinski definition) is 5. The predicted octanol–water partition coefficient (Wildman–Crippen LogP) is 1.49. The fraction of sp³-hybridized carbons (Fsp3) is 0.231. The van der Waals surface area contributed by atoms with Gasteiger partial charge in [0.1, 0.15) is 5.82 Å². The summed E-state index contributed by atoms with van der Waals surface area (Å²) in [6, 6.07) is 6.88. The summed E-state index contributed by atoms with van der Waals surface area (Å²) in [5.74, 6) is 0.782. The Balaban J connectivity index is 1.65. The maximum atomic E-state index is 11.5. The van der Waals surface area contributed by atoms with Gasteiger partial charge < -0.3 is 20.8 Å². The van der Waals surface area contributed by atoms with Crippen LogP contribution in [0.2, 0.25) is 0 Å². The second-order valence-electron chi connectivity index (χ2n) is 3.95. The number of nitrogens with zero attached hydrogens (tertiary/aromatic N) is 1. The Kier molecular flexibility index (Phi) is 4.39. The molecule has 0 aliphatic heterocycles. The summed E-state index contributed by atoms with van der Waals surface area (Å²) in [6.07, 6.45) is 3.92. The third-order valence-corrected chi connectivity index (χ3v) is 2.52. The number of pyridine rings is 1. The highest BCUT2D eigenvalue weighted by molar-refractivity contribution is 5.91. The van der Waals surface area contributed by atoms with Crippen LogP contribution in [0.5, 0.6) is 0 Å². The number of carbonyl (C=O) groups is 1. The molecule has 0 radical (unpaired) electrons. The van der Waals surface area contributed by atoms with Gasteiger partial charge in [-0.2, -0.15) is 0 Å². The predicted molar refractivity (Wildman–Crippen MR) is 72.8 cm³/mol. The van der Waals surface area contributed by atoms with Crippen LogP contribution in [0.15, 0.2) is 41.1 Å². The highest BCUT2D eigenvalue weighted by atomic mass is 16.3. The van der Waals surface area contributed by atoms with Crippen molar-refractivity contribution in [2.45, 2.75) is 6.42 Å². The van der Waals surface area contributed by atoms with E-state index in [1.54, 1.807) is 30.5 Å². The molecule has 2 rings (SSSR count). The molecule has 2 aromatic rings. The van der Waals surface area contributed by atoms with Crippen molar-refractivity contribution in [3.63, 3.8) is 0 Å². The minimum absolute atomic E-state index is 0.206. The molecule has 0 unspecified atom stereocenters. The van der Waals surface area contributed by atoms with Gasteiger partial charge in [-0.05, 0) is 30.7 Å². The maximum Gasteiger partial charge on any atom is 0.286 e. The van der Waals surface area contributed by atoms with E-state index < -0.39 is 0 Å². The van der Waals surface area contributed by atoms with Crippen LogP contribution in [0.4, 0.5) is 11.5 Å². The summed E-state index contributed by atoms with van der Waals surface area (Å²) >= 11 is 0. The van der Waals surface area contributed by atoms with E-state index in [1.165, 1.54) is 6.26 Å². The van der Waals surface area contributed by atoms with Crippen molar-refractivity contribution in [1.82, 2.24) is 10.3 Å². The number of rotatable bonds is 6. The molecule has 1 amide bonds. The van der Waals surface area contributed by atoms with Gasteiger partial charge in [0.25, 0.3) is 5.91 Å². The van der Waals surface area contributed by atoms with E-state index >= 15 is 0 Å². The lowest BCUT2D eigenvalue weighted by molar-refractivity contribution is 0.0926. The lowest BCUT2D eigenvalue weighted by atomic mass is 10.3. The third-order valence-electron chi connectivity index (χ3n) is 2.52. The maximum absolute atomic E-state index is 11.5. The van der Waals surface area contributed by atoms with E-state index in [4.69, 9.17) is 10.2 Å². The minimum Gasteiger partial charge on any atom is -0.459 e. The Morgan fingerprint density at radius 1 is 1.32 bits per heavy atom. The number of aromatic nitrogens is 1. The molecular weight excluding hydrogens is 244 g/mol. The molecule has 100 valence electrons. The molecule has 6 nitrogen and oxygen atoms in total. The van der Waals surface area contributed by atoms with E-state index in [1.807, 2.05) is 0 Å². The number of anilines is 2. The topological polar surface area (TPSA) is 93.2 Å². The van der Waals surface area contributed by atoms with Gasteiger partial charge in [0, 0.05) is 19.3 Å². The van der Waals surface area contributed by atoms with Crippen LogP contribution in [-0.2, 0) is 0 Å². The number of nitrogen functional groups attached to an aromatic ring is 1. The Morgan fingerprint density at radius 3 is 2.95 bits per heavy atom. The van der Waals surface area contributed by atoms with Crippen molar-refractivity contribution in [3.05, 3.63) is 42.5 Å². The molecule has 0 saturated heterocycles. The standard InChI is InChI=1S/C13H16N4O2/c14-10-4-1-6-15-12(10)16-7-3-8-17-13(18)11-5-2-9-19-11/h1-2,4-6,9H,3,7-8,14H2,(H,15,16)(H,17,18). The monoisotopic (exact) mass is 260 g/mol. The Bertz CT molecular complexity index is 525. The average Bonchev–Trinajstić information content (AvgIpc) is 2.94. The van der Waals surface area contributed by atoms with Crippen LogP contribution < -0.4 is 16.4 Å². The number of hydrogen-bond donors (Lipinski definition) is 3. The minimum atomic E-state index is -0.206. The van der Waals surface area contributed by atoms with Crippen LogP contribution >= 0.6 is 0 Å². The Morgan fingerprint density at radius 2 is 2.21 bits per heavy atom. The van der Waals surface area contributed by atoms with Gasteiger partial charge in [-0.1, -0.05) is 0 Å². The molecule has 2 heterocycles. The van der Waals surface area contributed by atoms with Crippen molar-refractivity contribution in [2.75, 3.05) is 24.1 Å². The van der Waals surface area contributed by atoms with Gasteiger partial charge in [-0.3, -0.25) is 4.79 Å². The first-order chi connectivity index (χ1) is 9.27. The first kappa shape index (κ1) is 12.9. The fourth-order valence-corrected chi connectivity index (χ4v) is 1.56. The second-order valence-corrected chi connectivity index (χ2v) is 3.95. The first-order valence-corrected chi connectivity index (χ1v) is 6.03. The van der Waals surface area contributed by atoms with E-state index in [9.17, 15) is 4.79 Å². The SMILES string of the molecule is Nc1cccnc1NCCCNC(=O)c1ccco1. The van der Waals surface area contributed by atoms with E-state index in [0.717, 1.165) is 6.42 Å². The van der Waals surface area contributed by atoms with Gasteiger partial charge >= 0.3 is 0 Å². The molecule has 19 heavy (non-hydrogen) atoms. The Hall–Kier alpha value is -2.50. The second kappa shape index (κ2) is 6.44. The lowest BCUT2D eigenvalue weighted by Gasteiger charge is -2.07. The molecule has 0 aliphatic rings. The summed E-state index contributed by atoms with van der Waals surface area (Å²) in [6.45, 7) is 1.24. The molecule has 0 aromatic carbocycles. The molecule has 6 heteroatoms. The van der Waals surface area contributed by atoms with Crippen molar-refractivity contribution >= 4 is 17.4 Å². The average molecular weight is 260 g/mol. The van der Waals surface area contributed by atoms with Gasteiger partial charge in [0.05, 0.1) is 12.0 Å². The molecule has 4 N–H and O–H groups in total. The van der Waals surface area contributed by atoms with Crippen LogP contribution in [0.25, 0.3) is 0 Å². The highest BCUT2D eigenvalue weighted by Crippen LogP contribution is 2.12. The molecule has 0 aliphatic carbocycles. The first-order valence-electron chi connectivity index (χ1n) is 6.03. The van der Waals surface area contributed by atoms with Crippen LogP contribution in [0, 0.1) is 0 Å². The quantitative estimate of drug-likeness (QED) is 0.684. The fourth-order valence-electron chi connectivity index (χ4n) is 1.56. The zero-order chi connectivity index (χ0) is 13.5. The highest BCUT2D eigenvalue weighted by Gasteiger charge is 2.06. The molecule has 0 spiro atoms. The molecule has 0 atom stereocenters. The van der Waals surface area contributed by atoms with Gasteiger partial charge in [-0.15, -0.1) is 0 Å². The molecule has 0 saturated carbocycles. The molecule has 0 fully saturated rings. The zero-order valence-electron chi connectivity index (χ0n) is 10.4. The number of furan rings is 1. The number of nitrogens with one attached hydrogen (secondary N) is 2. The van der Waals surface area contributed by atoms with Gasteiger partial charge in [0.15, 0.2) is 5.76 Å². The Labute approximate surface area is 111 Å². The van der Waals surface area contributed by atoms with E-state index in [-0.39, 0.29) is 5.91 Å². The zero-order valence-corrected chi connectivity index (χ0v) is 10.4. The van der Waals surface area contributed by atoms with Crippen molar-refractivity contribution in [2.24, 2.45) is 0 Å². The molecule has 2 aromatic heterocycles. The van der Waals surface area contributed by atoms with Gasteiger partial charge in [-0.25, -0.2) is 4.98 Å². The van der Waals surface area contributed by atoms with Crippen molar-refractivity contribution in [1.29, 1.82) is 0 Å². The smallest absolute Gasteiger partial charge is 0.286 e. The van der Waals surface area contributed by atoms with E-state index in [0.29, 0.717) is 30.4 Å². The summed E-state index contributed by atoms with van der Waals surface area (Å²) < 4.78 is 4.98. The van der Waals surface area contributed by atoms with Crippen molar-refractivity contribution in [3.8, 4) is 0 Å². The summed E-state index contributed by atoms with van der Waals surface area (Å²) in [4.78, 5) is 15.6. The molecular formula is C13H16N4O2. The largest absolute Gasteiger partial charge is 0.459 e. The van der Waals surface area contributed by atoms with Gasteiger partial charge in [0.2, 0.25) is 0 Å².